The number of rotatable bonds is 6. The van der Waals surface area contributed by atoms with Crippen molar-refractivity contribution in [2.75, 3.05) is 6.54 Å². The lowest BCUT2D eigenvalue weighted by molar-refractivity contribution is 0.0920. The molecule has 0 saturated carbocycles. The Hall–Kier alpha value is -1.92. The molecule has 2 aromatic rings. The average Bonchev–Trinajstić information content (AvgIpc) is 2.90. The highest BCUT2D eigenvalue weighted by Crippen LogP contribution is 2.20. The molecular formula is C16H20N2O3S. The van der Waals surface area contributed by atoms with Crippen molar-refractivity contribution >= 4 is 17.2 Å². The number of nitrogens with one attached hydrogen (secondary N) is 1. The third-order valence-electron chi connectivity index (χ3n) is 2.92. The first-order chi connectivity index (χ1) is 10.5. The van der Waals surface area contributed by atoms with Gasteiger partial charge in [0.15, 0.2) is 0 Å². The maximum atomic E-state index is 11.9. The van der Waals surface area contributed by atoms with E-state index in [2.05, 4.69) is 10.3 Å². The van der Waals surface area contributed by atoms with E-state index in [1.54, 1.807) is 18.3 Å². The number of carbonyl (C=O) groups is 1. The molecule has 1 heterocycles. The van der Waals surface area contributed by atoms with Crippen LogP contribution in [0.2, 0.25) is 0 Å². The van der Waals surface area contributed by atoms with Crippen LogP contribution in [0.3, 0.4) is 0 Å². The Kier molecular flexibility index (Phi) is 5.51. The second-order valence-corrected chi connectivity index (χ2v) is 6.44. The van der Waals surface area contributed by atoms with Gasteiger partial charge in [0.1, 0.15) is 10.6 Å². The van der Waals surface area contributed by atoms with Gasteiger partial charge in [0.05, 0.1) is 23.4 Å². The minimum atomic E-state index is -0.784. The van der Waals surface area contributed by atoms with Gasteiger partial charge in [0.25, 0.3) is 5.91 Å². The molecule has 1 unspecified atom stereocenters. The summed E-state index contributed by atoms with van der Waals surface area (Å²) in [6.07, 6.45) is 0.828. The summed E-state index contributed by atoms with van der Waals surface area (Å²) in [6.45, 7) is 5.87. The van der Waals surface area contributed by atoms with Crippen LogP contribution in [0.4, 0.5) is 0 Å². The van der Waals surface area contributed by atoms with Crippen molar-refractivity contribution in [3.8, 4) is 5.75 Å². The van der Waals surface area contributed by atoms with Gasteiger partial charge >= 0.3 is 0 Å². The zero-order chi connectivity index (χ0) is 16.1. The molecule has 0 fully saturated rings. The first-order valence-electron chi connectivity index (χ1n) is 7.11. The van der Waals surface area contributed by atoms with Gasteiger partial charge in [-0.2, -0.15) is 0 Å². The van der Waals surface area contributed by atoms with E-state index in [1.165, 1.54) is 11.3 Å². The summed E-state index contributed by atoms with van der Waals surface area (Å²) in [5, 5.41) is 13.7. The molecule has 2 N–H and O–H groups in total. The largest absolute Gasteiger partial charge is 0.491 e. The number of thiazole rings is 1. The molecule has 0 radical (unpaired) electrons. The molecule has 0 bridgehead atoms. The maximum absolute atomic E-state index is 11.9. The number of ether oxygens (including phenoxy) is 1. The van der Waals surface area contributed by atoms with Gasteiger partial charge in [-0.1, -0.05) is 12.1 Å². The molecule has 22 heavy (non-hydrogen) atoms. The molecule has 1 aromatic heterocycles. The number of aliphatic hydroxyl groups excluding tert-OH is 1. The summed E-state index contributed by atoms with van der Waals surface area (Å²) < 4.78 is 5.60. The second-order valence-electron chi connectivity index (χ2n) is 5.21. The summed E-state index contributed by atoms with van der Waals surface area (Å²) in [5.74, 6) is 0.482. The number of aliphatic hydroxyl groups is 1. The molecule has 1 amide bonds. The van der Waals surface area contributed by atoms with Crippen LogP contribution < -0.4 is 10.1 Å². The highest BCUT2D eigenvalue weighted by molar-refractivity contribution is 7.13. The fraction of sp³-hybridized carbons (Fsp3) is 0.375. The minimum Gasteiger partial charge on any atom is -0.491 e. The molecular weight excluding hydrogens is 300 g/mol. The molecule has 2 rings (SSSR count). The summed E-state index contributed by atoms with van der Waals surface area (Å²) >= 11 is 1.33. The van der Waals surface area contributed by atoms with Crippen LogP contribution in [-0.4, -0.2) is 28.6 Å². The number of amides is 1. The highest BCUT2D eigenvalue weighted by atomic mass is 32.1. The van der Waals surface area contributed by atoms with E-state index in [-0.39, 0.29) is 18.6 Å². The van der Waals surface area contributed by atoms with Crippen molar-refractivity contribution in [2.24, 2.45) is 0 Å². The van der Waals surface area contributed by atoms with Crippen LogP contribution in [0.1, 0.15) is 40.2 Å². The van der Waals surface area contributed by atoms with Gasteiger partial charge in [0, 0.05) is 6.54 Å². The molecule has 0 aliphatic carbocycles. The van der Waals surface area contributed by atoms with Gasteiger partial charge in [-0.15, -0.1) is 11.3 Å². The predicted octanol–water partition coefficient (Wildman–Crippen LogP) is 2.70. The van der Waals surface area contributed by atoms with Crippen LogP contribution in [0.5, 0.6) is 5.75 Å². The topological polar surface area (TPSA) is 71.5 Å². The Morgan fingerprint density at radius 2 is 2.23 bits per heavy atom. The Labute approximate surface area is 134 Å². The molecule has 1 aromatic carbocycles. The van der Waals surface area contributed by atoms with Crippen molar-refractivity contribution < 1.29 is 14.6 Å². The molecule has 0 aliphatic heterocycles. The van der Waals surface area contributed by atoms with Gasteiger partial charge in [0.2, 0.25) is 0 Å². The van der Waals surface area contributed by atoms with E-state index in [0.717, 1.165) is 5.01 Å². The van der Waals surface area contributed by atoms with Crippen LogP contribution >= 0.6 is 11.3 Å². The lowest BCUT2D eigenvalue weighted by Crippen LogP contribution is -2.27. The van der Waals surface area contributed by atoms with E-state index in [1.807, 2.05) is 32.9 Å². The third kappa shape index (κ3) is 4.54. The number of aryl methyl sites for hydroxylation is 1. The number of benzene rings is 1. The zero-order valence-electron chi connectivity index (χ0n) is 12.9. The SMILES string of the molecule is Cc1ncc(C(=O)NCC(O)c2cccc(OC(C)C)c2)s1. The van der Waals surface area contributed by atoms with Crippen LogP contribution in [0, 0.1) is 6.92 Å². The molecule has 1 atom stereocenters. The lowest BCUT2D eigenvalue weighted by atomic mass is 10.1. The summed E-state index contributed by atoms with van der Waals surface area (Å²) in [4.78, 5) is 16.5. The Bertz CT molecular complexity index is 640. The predicted molar refractivity (Wildman–Crippen MR) is 86.4 cm³/mol. The van der Waals surface area contributed by atoms with Gasteiger partial charge < -0.3 is 15.2 Å². The fourth-order valence-electron chi connectivity index (χ4n) is 1.93. The smallest absolute Gasteiger partial charge is 0.263 e. The number of hydrogen-bond acceptors (Lipinski definition) is 5. The number of hydrogen-bond donors (Lipinski definition) is 2. The maximum Gasteiger partial charge on any atom is 0.263 e. The van der Waals surface area contributed by atoms with Gasteiger partial charge in [-0.3, -0.25) is 4.79 Å². The standard InChI is InChI=1S/C16H20N2O3S/c1-10(2)21-13-6-4-5-12(7-13)14(19)8-18-16(20)15-9-17-11(3)22-15/h4-7,9-10,14,19H,8H2,1-3H3,(H,18,20). The van der Waals surface area contributed by atoms with Crippen LogP contribution in [-0.2, 0) is 0 Å². The number of aromatic nitrogens is 1. The molecule has 0 saturated heterocycles. The first-order valence-corrected chi connectivity index (χ1v) is 7.92. The van der Waals surface area contributed by atoms with Gasteiger partial charge in [-0.05, 0) is 38.5 Å². The van der Waals surface area contributed by atoms with Crippen LogP contribution in [0.15, 0.2) is 30.5 Å². The van der Waals surface area contributed by atoms with Crippen molar-refractivity contribution in [3.05, 3.63) is 45.9 Å². The quantitative estimate of drug-likeness (QED) is 0.858. The summed E-state index contributed by atoms with van der Waals surface area (Å²) in [5.41, 5.74) is 0.707. The normalized spacial score (nSPS) is 12.2. The van der Waals surface area contributed by atoms with E-state index in [9.17, 15) is 9.90 Å². The lowest BCUT2D eigenvalue weighted by Gasteiger charge is -2.14. The molecule has 5 nitrogen and oxygen atoms in total. The summed E-state index contributed by atoms with van der Waals surface area (Å²) in [7, 11) is 0. The second kappa shape index (κ2) is 7.38. The Balaban J connectivity index is 1.94. The van der Waals surface area contributed by atoms with E-state index >= 15 is 0 Å². The van der Waals surface area contributed by atoms with Crippen molar-refractivity contribution in [2.45, 2.75) is 33.0 Å². The summed E-state index contributed by atoms with van der Waals surface area (Å²) in [6, 6.07) is 7.26. The van der Waals surface area contributed by atoms with E-state index in [4.69, 9.17) is 4.74 Å². The fourth-order valence-corrected chi connectivity index (χ4v) is 2.62. The monoisotopic (exact) mass is 320 g/mol. The van der Waals surface area contributed by atoms with Gasteiger partial charge in [-0.25, -0.2) is 4.98 Å². The first kappa shape index (κ1) is 16.5. The molecule has 6 heteroatoms. The average molecular weight is 320 g/mol. The van der Waals surface area contributed by atoms with Crippen molar-refractivity contribution in [3.63, 3.8) is 0 Å². The minimum absolute atomic E-state index is 0.0710. The molecule has 0 spiro atoms. The third-order valence-corrected chi connectivity index (χ3v) is 3.83. The Morgan fingerprint density at radius 3 is 2.86 bits per heavy atom. The molecule has 0 aliphatic rings. The number of nitrogens with zero attached hydrogens (tertiary/aromatic N) is 1. The van der Waals surface area contributed by atoms with Crippen molar-refractivity contribution in [1.29, 1.82) is 0 Å². The van der Waals surface area contributed by atoms with E-state index in [0.29, 0.717) is 16.2 Å². The van der Waals surface area contributed by atoms with E-state index < -0.39 is 6.10 Å². The highest BCUT2D eigenvalue weighted by Gasteiger charge is 2.13. The number of carbonyl (C=O) groups excluding carboxylic acids is 1. The molecule has 118 valence electrons. The Morgan fingerprint density at radius 1 is 1.45 bits per heavy atom. The zero-order valence-corrected chi connectivity index (χ0v) is 13.7. The van der Waals surface area contributed by atoms with Crippen LogP contribution in [0.25, 0.3) is 0 Å². The van der Waals surface area contributed by atoms with Crippen molar-refractivity contribution in [1.82, 2.24) is 10.3 Å².